The predicted molar refractivity (Wildman–Crippen MR) is 100 cm³/mol. The fraction of sp³-hybridized carbons (Fsp3) is 0.158. The van der Waals surface area contributed by atoms with Gasteiger partial charge in [0.25, 0.3) is 5.91 Å². The lowest BCUT2D eigenvalue weighted by atomic mass is 10.2. The highest BCUT2D eigenvalue weighted by Gasteiger charge is 2.10. The molecule has 0 radical (unpaired) electrons. The van der Waals surface area contributed by atoms with Gasteiger partial charge in [0.15, 0.2) is 11.5 Å². The standard InChI is InChI=1S/C19H19N5O3/c1-26-14-6-7-15(17(11-14)27-2)22-18-9-8-16(23-24-18)19(25)21-12-13-5-3-4-10-20-13/h3-11H,12H2,1-2H3,(H,21,25)(H,22,24). The van der Waals surface area contributed by atoms with Crippen LogP contribution in [0.3, 0.4) is 0 Å². The minimum absolute atomic E-state index is 0.221. The lowest BCUT2D eigenvalue weighted by Gasteiger charge is -2.11. The zero-order chi connectivity index (χ0) is 19.1. The molecule has 0 saturated carbocycles. The summed E-state index contributed by atoms with van der Waals surface area (Å²) in [5.41, 5.74) is 1.70. The van der Waals surface area contributed by atoms with Crippen LogP contribution in [-0.4, -0.2) is 35.3 Å². The van der Waals surface area contributed by atoms with Crippen LogP contribution in [0.2, 0.25) is 0 Å². The molecule has 8 heteroatoms. The van der Waals surface area contributed by atoms with E-state index in [2.05, 4.69) is 25.8 Å². The summed E-state index contributed by atoms with van der Waals surface area (Å²) in [4.78, 5) is 16.3. The Kier molecular flexibility index (Phi) is 5.78. The van der Waals surface area contributed by atoms with Gasteiger partial charge in [-0.2, -0.15) is 0 Å². The second-order valence-electron chi connectivity index (χ2n) is 5.50. The van der Waals surface area contributed by atoms with Gasteiger partial charge >= 0.3 is 0 Å². The number of nitrogens with zero attached hydrogens (tertiary/aromatic N) is 3. The van der Waals surface area contributed by atoms with E-state index < -0.39 is 0 Å². The number of hydrogen-bond donors (Lipinski definition) is 2. The van der Waals surface area contributed by atoms with Crippen LogP contribution in [0, 0.1) is 0 Å². The van der Waals surface area contributed by atoms with Gasteiger partial charge in [0, 0.05) is 12.3 Å². The van der Waals surface area contributed by atoms with E-state index in [9.17, 15) is 4.79 Å². The summed E-state index contributed by atoms with van der Waals surface area (Å²) in [6, 6.07) is 14.2. The molecule has 8 nitrogen and oxygen atoms in total. The number of aromatic nitrogens is 3. The third-order valence-corrected chi connectivity index (χ3v) is 3.72. The van der Waals surface area contributed by atoms with Crippen LogP contribution in [0.15, 0.2) is 54.7 Å². The SMILES string of the molecule is COc1ccc(Nc2ccc(C(=O)NCc3ccccn3)nn2)c(OC)c1. The van der Waals surface area contributed by atoms with Crippen molar-refractivity contribution in [1.82, 2.24) is 20.5 Å². The number of anilines is 2. The number of pyridine rings is 1. The van der Waals surface area contributed by atoms with Crippen molar-refractivity contribution in [1.29, 1.82) is 0 Å². The van der Waals surface area contributed by atoms with Crippen LogP contribution < -0.4 is 20.1 Å². The van der Waals surface area contributed by atoms with Crippen molar-refractivity contribution >= 4 is 17.4 Å². The van der Waals surface area contributed by atoms with E-state index in [-0.39, 0.29) is 11.6 Å². The summed E-state index contributed by atoms with van der Waals surface area (Å²) < 4.78 is 10.5. The molecule has 0 unspecified atom stereocenters. The number of carbonyl (C=O) groups is 1. The first kappa shape index (κ1) is 18.1. The Morgan fingerprint density at radius 1 is 1.04 bits per heavy atom. The molecular weight excluding hydrogens is 346 g/mol. The summed E-state index contributed by atoms with van der Waals surface area (Å²) in [7, 11) is 3.16. The zero-order valence-corrected chi connectivity index (χ0v) is 15.0. The number of methoxy groups -OCH3 is 2. The highest BCUT2D eigenvalue weighted by Crippen LogP contribution is 2.30. The Labute approximate surface area is 156 Å². The fourth-order valence-corrected chi connectivity index (χ4v) is 2.32. The van der Waals surface area contributed by atoms with Crippen LogP contribution >= 0.6 is 0 Å². The molecule has 0 fully saturated rings. The van der Waals surface area contributed by atoms with Crippen LogP contribution in [0.1, 0.15) is 16.2 Å². The van der Waals surface area contributed by atoms with Crippen LogP contribution in [-0.2, 0) is 6.54 Å². The molecule has 0 aliphatic carbocycles. The highest BCUT2D eigenvalue weighted by molar-refractivity contribution is 5.92. The molecule has 0 bridgehead atoms. The van der Waals surface area contributed by atoms with Gasteiger partial charge in [-0.3, -0.25) is 9.78 Å². The fourth-order valence-electron chi connectivity index (χ4n) is 2.32. The van der Waals surface area contributed by atoms with Gasteiger partial charge in [0.2, 0.25) is 0 Å². The molecule has 0 aliphatic heterocycles. The number of rotatable bonds is 7. The molecule has 1 aromatic carbocycles. The molecular formula is C19H19N5O3. The summed E-state index contributed by atoms with van der Waals surface area (Å²) in [5, 5.41) is 13.9. The monoisotopic (exact) mass is 365 g/mol. The molecule has 0 atom stereocenters. The first-order chi connectivity index (χ1) is 13.2. The minimum atomic E-state index is -0.318. The molecule has 2 heterocycles. The molecule has 27 heavy (non-hydrogen) atoms. The van der Waals surface area contributed by atoms with E-state index >= 15 is 0 Å². The van der Waals surface area contributed by atoms with E-state index in [0.29, 0.717) is 29.5 Å². The van der Waals surface area contributed by atoms with Gasteiger partial charge in [0.1, 0.15) is 11.5 Å². The highest BCUT2D eigenvalue weighted by atomic mass is 16.5. The first-order valence-electron chi connectivity index (χ1n) is 8.20. The Balaban J connectivity index is 1.64. The largest absolute Gasteiger partial charge is 0.497 e. The first-order valence-corrected chi connectivity index (χ1v) is 8.20. The van der Waals surface area contributed by atoms with Gasteiger partial charge in [0.05, 0.1) is 32.1 Å². The van der Waals surface area contributed by atoms with Crippen LogP contribution in [0.25, 0.3) is 0 Å². The van der Waals surface area contributed by atoms with Crippen molar-refractivity contribution in [3.8, 4) is 11.5 Å². The van der Waals surface area contributed by atoms with Gasteiger partial charge in [-0.15, -0.1) is 10.2 Å². The number of carbonyl (C=O) groups excluding carboxylic acids is 1. The zero-order valence-electron chi connectivity index (χ0n) is 15.0. The summed E-state index contributed by atoms with van der Waals surface area (Å²) in [6.45, 7) is 0.324. The summed E-state index contributed by atoms with van der Waals surface area (Å²) in [5.74, 6) is 1.46. The maximum Gasteiger partial charge on any atom is 0.272 e. The van der Waals surface area contributed by atoms with Crippen LogP contribution in [0.4, 0.5) is 11.5 Å². The molecule has 0 spiro atoms. The van der Waals surface area contributed by atoms with Crippen LogP contribution in [0.5, 0.6) is 11.5 Å². The average molecular weight is 365 g/mol. The molecule has 3 aromatic rings. The third-order valence-electron chi connectivity index (χ3n) is 3.72. The Morgan fingerprint density at radius 2 is 1.93 bits per heavy atom. The molecule has 138 valence electrons. The van der Waals surface area contributed by atoms with E-state index in [0.717, 1.165) is 5.69 Å². The van der Waals surface area contributed by atoms with Crippen molar-refractivity contribution in [2.45, 2.75) is 6.54 Å². The number of amides is 1. The lowest BCUT2D eigenvalue weighted by Crippen LogP contribution is -2.24. The van der Waals surface area contributed by atoms with Gasteiger partial charge in [-0.1, -0.05) is 6.07 Å². The van der Waals surface area contributed by atoms with Gasteiger partial charge in [-0.05, 0) is 36.4 Å². The molecule has 0 saturated heterocycles. The maximum atomic E-state index is 12.2. The number of benzene rings is 1. The number of hydrogen-bond acceptors (Lipinski definition) is 7. The van der Waals surface area contributed by atoms with E-state index in [1.807, 2.05) is 24.3 Å². The molecule has 2 aromatic heterocycles. The van der Waals surface area contributed by atoms with Gasteiger partial charge in [-0.25, -0.2) is 0 Å². The van der Waals surface area contributed by atoms with Crippen molar-refractivity contribution in [3.05, 3.63) is 66.1 Å². The smallest absolute Gasteiger partial charge is 0.272 e. The quantitative estimate of drug-likeness (QED) is 0.664. The number of ether oxygens (including phenoxy) is 2. The second kappa shape index (κ2) is 8.61. The Morgan fingerprint density at radius 3 is 2.59 bits per heavy atom. The van der Waals surface area contributed by atoms with E-state index in [1.54, 1.807) is 44.7 Å². The van der Waals surface area contributed by atoms with Crippen molar-refractivity contribution in [2.24, 2.45) is 0 Å². The van der Waals surface area contributed by atoms with E-state index in [4.69, 9.17) is 9.47 Å². The molecule has 1 amide bonds. The maximum absolute atomic E-state index is 12.2. The van der Waals surface area contributed by atoms with Crippen molar-refractivity contribution < 1.29 is 14.3 Å². The minimum Gasteiger partial charge on any atom is -0.497 e. The van der Waals surface area contributed by atoms with E-state index in [1.165, 1.54) is 0 Å². The summed E-state index contributed by atoms with van der Waals surface area (Å²) in [6.07, 6.45) is 1.68. The molecule has 3 rings (SSSR count). The Bertz CT molecular complexity index is 901. The topological polar surface area (TPSA) is 98.3 Å². The molecule has 0 aliphatic rings. The predicted octanol–water partition coefficient (Wildman–Crippen LogP) is 2.56. The molecule has 2 N–H and O–H groups in total. The Hall–Kier alpha value is -3.68. The second-order valence-corrected chi connectivity index (χ2v) is 5.50. The third kappa shape index (κ3) is 4.69. The normalized spacial score (nSPS) is 10.1. The van der Waals surface area contributed by atoms with Gasteiger partial charge < -0.3 is 20.1 Å². The summed E-state index contributed by atoms with van der Waals surface area (Å²) >= 11 is 0. The lowest BCUT2D eigenvalue weighted by molar-refractivity contribution is 0.0944. The average Bonchev–Trinajstić information content (AvgIpc) is 2.73. The van der Waals surface area contributed by atoms with Crippen molar-refractivity contribution in [3.63, 3.8) is 0 Å². The van der Waals surface area contributed by atoms with Crippen molar-refractivity contribution in [2.75, 3.05) is 19.5 Å². The number of nitrogens with one attached hydrogen (secondary N) is 2.